The number of aliphatic hydroxyl groups is 1. The van der Waals surface area contributed by atoms with E-state index in [0.717, 1.165) is 32.5 Å². The minimum Gasteiger partial charge on any atom is -0.396 e. The molecule has 2 heterocycles. The molecule has 3 atom stereocenters. The van der Waals surface area contributed by atoms with E-state index in [0.29, 0.717) is 30.3 Å². The fourth-order valence-electron chi connectivity index (χ4n) is 3.90. The summed E-state index contributed by atoms with van der Waals surface area (Å²) in [5.41, 5.74) is 0. The van der Waals surface area contributed by atoms with Crippen LogP contribution in [0, 0.1) is 11.8 Å². The number of nitrogens with zero attached hydrogens (tertiary/aromatic N) is 2. The third-order valence-electron chi connectivity index (χ3n) is 4.75. The molecule has 4 nitrogen and oxygen atoms in total. The highest BCUT2D eigenvalue weighted by atomic mass is 16.3. The summed E-state index contributed by atoms with van der Waals surface area (Å²) in [6.45, 7) is 8.23. The standard InChI is InChI=1S/C16H30N2O2/c1-13-9-14(2)11-18(10-13)16(20)12-17-7-3-5-15(17)6-4-8-19/h13-15,19H,3-12H2,1-2H3/t13-,14+,15-/m1/s1. The Balaban J connectivity index is 1.83. The summed E-state index contributed by atoms with van der Waals surface area (Å²) in [5.74, 6) is 1.57. The number of hydrogen-bond acceptors (Lipinski definition) is 3. The van der Waals surface area contributed by atoms with E-state index < -0.39 is 0 Å². The second kappa shape index (κ2) is 7.41. The molecule has 0 aliphatic carbocycles. The van der Waals surface area contributed by atoms with Gasteiger partial charge >= 0.3 is 0 Å². The van der Waals surface area contributed by atoms with Gasteiger partial charge in [0, 0.05) is 25.7 Å². The second-order valence-corrected chi connectivity index (χ2v) is 6.88. The smallest absolute Gasteiger partial charge is 0.236 e. The maximum absolute atomic E-state index is 12.5. The van der Waals surface area contributed by atoms with Gasteiger partial charge in [-0.15, -0.1) is 0 Å². The van der Waals surface area contributed by atoms with Crippen LogP contribution in [0.5, 0.6) is 0 Å². The van der Waals surface area contributed by atoms with Crippen molar-refractivity contribution in [3.8, 4) is 0 Å². The van der Waals surface area contributed by atoms with Crippen LogP contribution in [0.1, 0.15) is 46.0 Å². The molecule has 20 heavy (non-hydrogen) atoms. The molecule has 0 bridgehead atoms. The first-order valence-corrected chi connectivity index (χ1v) is 8.22. The average Bonchev–Trinajstić information content (AvgIpc) is 2.82. The zero-order chi connectivity index (χ0) is 14.5. The lowest BCUT2D eigenvalue weighted by Crippen LogP contribution is -2.47. The van der Waals surface area contributed by atoms with E-state index >= 15 is 0 Å². The Kier molecular flexibility index (Phi) is 5.85. The van der Waals surface area contributed by atoms with Gasteiger partial charge in [-0.05, 0) is 50.5 Å². The van der Waals surface area contributed by atoms with Gasteiger partial charge in [0.2, 0.25) is 5.91 Å². The van der Waals surface area contributed by atoms with Crippen LogP contribution in [0.2, 0.25) is 0 Å². The number of rotatable bonds is 5. The van der Waals surface area contributed by atoms with Crippen molar-refractivity contribution in [1.82, 2.24) is 9.80 Å². The Morgan fingerprint density at radius 1 is 1.25 bits per heavy atom. The highest BCUT2D eigenvalue weighted by Gasteiger charge is 2.30. The molecule has 0 spiro atoms. The van der Waals surface area contributed by atoms with Crippen molar-refractivity contribution in [1.29, 1.82) is 0 Å². The van der Waals surface area contributed by atoms with E-state index in [1.807, 2.05) is 0 Å². The topological polar surface area (TPSA) is 43.8 Å². The molecule has 1 amide bonds. The lowest BCUT2D eigenvalue weighted by Gasteiger charge is -2.36. The molecule has 0 aromatic rings. The number of amides is 1. The summed E-state index contributed by atoms with van der Waals surface area (Å²) in [7, 11) is 0. The van der Waals surface area contributed by atoms with E-state index in [-0.39, 0.29) is 6.61 Å². The second-order valence-electron chi connectivity index (χ2n) is 6.88. The molecule has 0 radical (unpaired) electrons. The normalized spacial score (nSPS) is 31.8. The Bertz CT molecular complexity index is 312. The van der Waals surface area contributed by atoms with Gasteiger partial charge in [-0.1, -0.05) is 13.8 Å². The summed E-state index contributed by atoms with van der Waals surface area (Å²) < 4.78 is 0. The van der Waals surface area contributed by atoms with Crippen molar-refractivity contribution in [2.75, 3.05) is 32.8 Å². The van der Waals surface area contributed by atoms with Crippen LogP contribution in [0.25, 0.3) is 0 Å². The Hall–Kier alpha value is -0.610. The molecule has 116 valence electrons. The maximum atomic E-state index is 12.5. The van der Waals surface area contributed by atoms with Gasteiger partial charge in [-0.3, -0.25) is 9.69 Å². The molecule has 2 aliphatic heterocycles. The molecule has 0 aromatic carbocycles. The van der Waals surface area contributed by atoms with Gasteiger partial charge in [-0.2, -0.15) is 0 Å². The molecule has 2 rings (SSSR count). The van der Waals surface area contributed by atoms with Crippen LogP contribution >= 0.6 is 0 Å². The minimum atomic E-state index is 0.263. The molecule has 2 saturated heterocycles. The highest BCUT2D eigenvalue weighted by molar-refractivity contribution is 5.78. The van der Waals surface area contributed by atoms with Crippen LogP contribution in [-0.4, -0.2) is 59.6 Å². The fraction of sp³-hybridized carbons (Fsp3) is 0.938. The molecule has 0 unspecified atom stereocenters. The first-order valence-electron chi connectivity index (χ1n) is 8.22. The van der Waals surface area contributed by atoms with E-state index in [1.54, 1.807) is 0 Å². The van der Waals surface area contributed by atoms with Gasteiger partial charge in [0.25, 0.3) is 0 Å². The molecule has 2 fully saturated rings. The number of likely N-dealkylation sites (tertiary alicyclic amines) is 2. The summed E-state index contributed by atoms with van der Waals surface area (Å²) in [4.78, 5) is 16.9. The van der Waals surface area contributed by atoms with Crippen LogP contribution in [0.3, 0.4) is 0 Å². The summed E-state index contributed by atoms with van der Waals surface area (Å²) in [6, 6.07) is 0.505. The zero-order valence-corrected chi connectivity index (χ0v) is 13.1. The van der Waals surface area contributed by atoms with Crippen LogP contribution in [0.4, 0.5) is 0 Å². The van der Waals surface area contributed by atoms with Gasteiger partial charge < -0.3 is 10.0 Å². The lowest BCUT2D eigenvalue weighted by molar-refractivity contribution is -0.135. The lowest BCUT2D eigenvalue weighted by atomic mass is 9.92. The number of piperidine rings is 1. The monoisotopic (exact) mass is 282 g/mol. The van der Waals surface area contributed by atoms with Crippen molar-refractivity contribution < 1.29 is 9.90 Å². The Morgan fingerprint density at radius 3 is 2.60 bits per heavy atom. The van der Waals surface area contributed by atoms with E-state index in [4.69, 9.17) is 5.11 Å². The number of aliphatic hydroxyl groups excluding tert-OH is 1. The molecule has 0 saturated carbocycles. The fourth-order valence-corrected chi connectivity index (χ4v) is 3.90. The molecular formula is C16H30N2O2. The van der Waals surface area contributed by atoms with Crippen molar-refractivity contribution in [3.05, 3.63) is 0 Å². The Morgan fingerprint density at radius 2 is 1.95 bits per heavy atom. The quantitative estimate of drug-likeness (QED) is 0.835. The first-order chi connectivity index (χ1) is 9.60. The predicted molar refractivity (Wildman–Crippen MR) is 80.4 cm³/mol. The minimum absolute atomic E-state index is 0.263. The van der Waals surface area contributed by atoms with Gasteiger partial charge in [0.15, 0.2) is 0 Å². The van der Waals surface area contributed by atoms with Crippen LogP contribution in [0.15, 0.2) is 0 Å². The SMILES string of the molecule is C[C@@H]1C[C@H](C)CN(C(=O)CN2CCC[C@@H]2CCCO)C1. The average molecular weight is 282 g/mol. The molecule has 4 heteroatoms. The first kappa shape index (κ1) is 15.8. The van der Waals surface area contributed by atoms with Gasteiger partial charge in [-0.25, -0.2) is 0 Å². The highest BCUT2D eigenvalue weighted by Crippen LogP contribution is 2.24. The summed E-state index contributed by atoms with van der Waals surface area (Å²) in [5, 5.41) is 8.96. The van der Waals surface area contributed by atoms with Crippen LogP contribution in [-0.2, 0) is 4.79 Å². The van der Waals surface area contributed by atoms with Crippen molar-refractivity contribution in [2.24, 2.45) is 11.8 Å². The summed E-state index contributed by atoms with van der Waals surface area (Å²) >= 11 is 0. The van der Waals surface area contributed by atoms with Crippen molar-refractivity contribution in [2.45, 2.75) is 52.0 Å². The number of carbonyl (C=O) groups is 1. The zero-order valence-electron chi connectivity index (χ0n) is 13.1. The molecule has 0 aromatic heterocycles. The number of hydrogen-bond donors (Lipinski definition) is 1. The third-order valence-corrected chi connectivity index (χ3v) is 4.75. The maximum Gasteiger partial charge on any atom is 0.236 e. The van der Waals surface area contributed by atoms with Crippen molar-refractivity contribution in [3.63, 3.8) is 0 Å². The van der Waals surface area contributed by atoms with Gasteiger partial charge in [0.05, 0.1) is 6.54 Å². The van der Waals surface area contributed by atoms with E-state index in [1.165, 1.54) is 19.3 Å². The molecular weight excluding hydrogens is 252 g/mol. The number of carbonyl (C=O) groups excluding carboxylic acids is 1. The van der Waals surface area contributed by atoms with E-state index in [9.17, 15) is 4.79 Å². The van der Waals surface area contributed by atoms with Crippen LogP contribution < -0.4 is 0 Å². The van der Waals surface area contributed by atoms with Gasteiger partial charge in [0.1, 0.15) is 0 Å². The molecule has 2 aliphatic rings. The van der Waals surface area contributed by atoms with E-state index in [2.05, 4.69) is 23.6 Å². The predicted octanol–water partition coefficient (Wildman–Crippen LogP) is 1.73. The largest absolute Gasteiger partial charge is 0.396 e. The summed E-state index contributed by atoms with van der Waals surface area (Å²) in [6.07, 6.45) is 5.49. The van der Waals surface area contributed by atoms with Crippen molar-refractivity contribution >= 4 is 5.91 Å². The third kappa shape index (κ3) is 4.19. The molecule has 1 N–H and O–H groups in total. The Labute approximate surface area is 123 Å².